The maximum atomic E-state index is 12.2. The molecule has 0 spiro atoms. The van der Waals surface area contributed by atoms with Crippen LogP contribution < -0.4 is 5.32 Å². The molecule has 1 aromatic carbocycles. The maximum Gasteiger partial charge on any atom is 0.329 e. The Morgan fingerprint density at radius 1 is 1.30 bits per heavy atom. The normalized spacial score (nSPS) is 21.9. The van der Waals surface area contributed by atoms with Gasteiger partial charge in [-0.2, -0.15) is 0 Å². The zero-order valence-corrected chi connectivity index (χ0v) is 12.3. The van der Waals surface area contributed by atoms with Gasteiger partial charge in [-0.1, -0.05) is 23.2 Å². The second-order valence-corrected chi connectivity index (χ2v) is 5.80. The van der Waals surface area contributed by atoms with Crippen molar-refractivity contribution in [3.63, 3.8) is 0 Å². The molecule has 1 saturated heterocycles. The van der Waals surface area contributed by atoms with Crippen LogP contribution in [0.2, 0.25) is 10.0 Å². The van der Waals surface area contributed by atoms with Crippen molar-refractivity contribution in [2.45, 2.75) is 25.3 Å². The molecule has 5 nitrogen and oxygen atoms in total. The number of carbonyl (C=O) groups is 2. The van der Waals surface area contributed by atoms with Gasteiger partial charge in [0.15, 0.2) is 0 Å². The molecule has 1 aliphatic rings. The zero-order valence-electron chi connectivity index (χ0n) is 10.8. The standard InChI is InChI=1S/C13H14Cl2N2O3/c1-13(11(18)19)3-2-4-17(13)12(20)16-10-6-8(14)5-9(15)7-10/h5-7H,2-4H2,1H3,(H,16,20)(H,18,19). The first kappa shape index (κ1) is 14.9. The summed E-state index contributed by atoms with van der Waals surface area (Å²) in [7, 11) is 0. The minimum absolute atomic E-state index is 0.398. The predicted octanol–water partition coefficient (Wildman–Crippen LogP) is 3.46. The van der Waals surface area contributed by atoms with E-state index in [1.165, 1.54) is 4.90 Å². The van der Waals surface area contributed by atoms with Crippen molar-refractivity contribution in [1.82, 2.24) is 4.90 Å². The Kier molecular flexibility index (Phi) is 4.11. The number of hydrogen-bond donors (Lipinski definition) is 2. The van der Waals surface area contributed by atoms with E-state index in [4.69, 9.17) is 23.2 Å². The van der Waals surface area contributed by atoms with Gasteiger partial charge < -0.3 is 15.3 Å². The van der Waals surface area contributed by atoms with E-state index in [-0.39, 0.29) is 0 Å². The van der Waals surface area contributed by atoms with Gasteiger partial charge in [0.2, 0.25) is 0 Å². The van der Waals surface area contributed by atoms with Gasteiger partial charge in [0, 0.05) is 22.3 Å². The van der Waals surface area contributed by atoms with Gasteiger partial charge >= 0.3 is 12.0 Å². The molecule has 108 valence electrons. The molecule has 7 heteroatoms. The molecule has 2 rings (SSSR count). The first-order valence-electron chi connectivity index (χ1n) is 6.11. The van der Waals surface area contributed by atoms with Gasteiger partial charge in [-0.3, -0.25) is 0 Å². The van der Waals surface area contributed by atoms with Crippen LogP contribution in [0.15, 0.2) is 18.2 Å². The molecule has 1 aromatic rings. The third kappa shape index (κ3) is 2.83. The Labute approximate surface area is 126 Å². The van der Waals surface area contributed by atoms with E-state index >= 15 is 0 Å². The number of likely N-dealkylation sites (tertiary alicyclic amines) is 1. The first-order chi connectivity index (χ1) is 9.33. The van der Waals surface area contributed by atoms with Crippen LogP contribution in [-0.2, 0) is 4.79 Å². The minimum atomic E-state index is -1.17. The lowest BCUT2D eigenvalue weighted by Crippen LogP contribution is -2.52. The van der Waals surface area contributed by atoms with Crippen LogP contribution in [0.25, 0.3) is 0 Å². The third-order valence-electron chi connectivity index (χ3n) is 3.46. The molecule has 2 N–H and O–H groups in total. The number of carboxylic acids is 1. The summed E-state index contributed by atoms with van der Waals surface area (Å²) in [4.78, 5) is 24.9. The first-order valence-corrected chi connectivity index (χ1v) is 6.86. The summed E-state index contributed by atoms with van der Waals surface area (Å²) < 4.78 is 0. The van der Waals surface area contributed by atoms with Crippen molar-refractivity contribution >= 4 is 40.9 Å². The average molecular weight is 317 g/mol. The number of anilines is 1. The molecule has 0 aliphatic carbocycles. The number of benzene rings is 1. The molecule has 1 heterocycles. The second-order valence-electron chi connectivity index (χ2n) is 4.92. The molecular formula is C13H14Cl2N2O3. The number of carbonyl (C=O) groups excluding carboxylic acids is 1. The number of urea groups is 1. The molecule has 1 atom stereocenters. The van der Waals surface area contributed by atoms with E-state index in [2.05, 4.69) is 5.32 Å². The quantitative estimate of drug-likeness (QED) is 0.877. The molecule has 1 unspecified atom stereocenters. The third-order valence-corrected chi connectivity index (χ3v) is 3.90. The number of carboxylic acid groups (broad SMARTS) is 1. The molecule has 20 heavy (non-hydrogen) atoms. The van der Waals surface area contributed by atoms with E-state index < -0.39 is 17.5 Å². The highest BCUT2D eigenvalue weighted by molar-refractivity contribution is 6.35. The Bertz CT molecular complexity index is 544. The van der Waals surface area contributed by atoms with Gasteiger partial charge in [-0.05, 0) is 38.0 Å². The summed E-state index contributed by atoms with van der Waals surface area (Å²) in [6.07, 6.45) is 1.10. The lowest BCUT2D eigenvalue weighted by molar-refractivity contribution is -0.146. The molecule has 2 amide bonds. The van der Waals surface area contributed by atoms with Crippen molar-refractivity contribution in [3.05, 3.63) is 28.2 Å². The van der Waals surface area contributed by atoms with Crippen LogP contribution in [0.4, 0.5) is 10.5 Å². The van der Waals surface area contributed by atoms with Gasteiger partial charge in [0.1, 0.15) is 5.54 Å². The number of rotatable bonds is 2. The largest absolute Gasteiger partial charge is 0.480 e. The summed E-state index contributed by atoms with van der Waals surface area (Å²) in [6, 6.07) is 4.19. The van der Waals surface area contributed by atoms with Gasteiger partial charge in [-0.25, -0.2) is 9.59 Å². The Hall–Kier alpha value is -1.46. The minimum Gasteiger partial charge on any atom is -0.480 e. The van der Waals surface area contributed by atoms with E-state index in [1.807, 2.05) is 0 Å². The monoisotopic (exact) mass is 316 g/mol. The summed E-state index contributed by atoms with van der Waals surface area (Å²) in [5.74, 6) is -1.01. The Morgan fingerprint density at radius 3 is 2.45 bits per heavy atom. The number of nitrogens with one attached hydrogen (secondary N) is 1. The van der Waals surface area contributed by atoms with Crippen molar-refractivity contribution in [1.29, 1.82) is 0 Å². The van der Waals surface area contributed by atoms with E-state index in [0.717, 1.165) is 0 Å². The summed E-state index contributed by atoms with van der Waals surface area (Å²) in [6.45, 7) is 1.95. The fraction of sp³-hybridized carbons (Fsp3) is 0.385. The molecule has 1 aliphatic heterocycles. The topological polar surface area (TPSA) is 69.6 Å². The van der Waals surface area contributed by atoms with Crippen LogP contribution in [-0.4, -0.2) is 34.1 Å². The number of nitrogens with zero attached hydrogens (tertiary/aromatic N) is 1. The summed E-state index contributed by atoms with van der Waals surface area (Å²) >= 11 is 11.7. The fourth-order valence-corrected chi connectivity index (χ4v) is 2.85. The fourth-order valence-electron chi connectivity index (χ4n) is 2.33. The highest BCUT2D eigenvalue weighted by Crippen LogP contribution is 2.30. The average Bonchev–Trinajstić information content (AvgIpc) is 2.71. The molecular weight excluding hydrogens is 303 g/mol. The van der Waals surface area contributed by atoms with Crippen molar-refractivity contribution in [3.8, 4) is 0 Å². The number of aliphatic carboxylic acids is 1. The van der Waals surface area contributed by atoms with Crippen molar-refractivity contribution in [2.75, 3.05) is 11.9 Å². The Balaban J connectivity index is 2.17. The van der Waals surface area contributed by atoms with E-state index in [0.29, 0.717) is 35.1 Å². The lowest BCUT2D eigenvalue weighted by atomic mass is 10.00. The molecule has 0 saturated carbocycles. The zero-order chi connectivity index (χ0) is 14.9. The predicted molar refractivity (Wildman–Crippen MR) is 77.5 cm³/mol. The second kappa shape index (κ2) is 5.50. The number of amides is 2. The van der Waals surface area contributed by atoms with Gasteiger partial charge in [-0.15, -0.1) is 0 Å². The van der Waals surface area contributed by atoms with E-state index in [9.17, 15) is 14.7 Å². The van der Waals surface area contributed by atoms with Crippen LogP contribution in [0.5, 0.6) is 0 Å². The molecule has 0 aromatic heterocycles. The smallest absolute Gasteiger partial charge is 0.329 e. The van der Waals surface area contributed by atoms with Crippen molar-refractivity contribution in [2.24, 2.45) is 0 Å². The van der Waals surface area contributed by atoms with Crippen LogP contribution in [0.1, 0.15) is 19.8 Å². The summed E-state index contributed by atoms with van der Waals surface area (Å²) in [5, 5.41) is 12.7. The highest BCUT2D eigenvalue weighted by Gasteiger charge is 2.46. The highest BCUT2D eigenvalue weighted by atomic mass is 35.5. The van der Waals surface area contributed by atoms with Gasteiger partial charge in [0.05, 0.1) is 0 Å². The lowest BCUT2D eigenvalue weighted by Gasteiger charge is -2.31. The summed E-state index contributed by atoms with van der Waals surface area (Å²) in [5.41, 5.74) is -0.737. The molecule has 0 radical (unpaired) electrons. The van der Waals surface area contributed by atoms with Crippen LogP contribution in [0, 0.1) is 0 Å². The van der Waals surface area contributed by atoms with E-state index in [1.54, 1.807) is 25.1 Å². The van der Waals surface area contributed by atoms with Gasteiger partial charge in [0.25, 0.3) is 0 Å². The number of hydrogen-bond acceptors (Lipinski definition) is 2. The Morgan fingerprint density at radius 2 is 1.90 bits per heavy atom. The SMILES string of the molecule is CC1(C(=O)O)CCCN1C(=O)Nc1cc(Cl)cc(Cl)c1. The van der Waals surface area contributed by atoms with Crippen LogP contribution >= 0.6 is 23.2 Å². The number of halogens is 2. The molecule has 0 bridgehead atoms. The molecule has 1 fully saturated rings. The van der Waals surface area contributed by atoms with Crippen molar-refractivity contribution < 1.29 is 14.7 Å². The maximum absolute atomic E-state index is 12.2. The van der Waals surface area contributed by atoms with Crippen LogP contribution in [0.3, 0.4) is 0 Å².